The Balaban J connectivity index is 1.16. The summed E-state index contributed by atoms with van der Waals surface area (Å²) in [6, 6.07) is 19.2. The van der Waals surface area contributed by atoms with Gasteiger partial charge in [-0.25, -0.2) is 13.4 Å². The van der Waals surface area contributed by atoms with Crippen LogP contribution in [-0.4, -0.2) is 72.6 Å². The van der Waals surface area contributed by atoms with Crippen LogP contribution in [0.25, 0.3) is 0 Å². The van der Waals surface area contributed by atoms with Gasteiger partial charge in [0.1, 0.15) is 10.8 Å². The van der Waals surface area contributed by atoms with Gasteiger partial charge in [0, 0.05) is 43.9 Å². The van der Waals surface area contributed by atoms with Gasteiger partial charge in [-0.1, -0.05) is 48.0 Å². The molecule has 1 atom stereocenters. The fraction of sp³-hybridized carbons (Fsp3) is 0.415. The second-order valence-corrected chi connectivity index (χ2v) is 17.7. The molecule has 0 aliphatic carbocycles. The molecule has 4 aromatic rings. The molecule has 292 valence electrons. The second-order valence-electron chi connectivity index (χ2n) is 14.9. The third-order valence-electron chi connectivity index (χ3n) is 10.2. The number of carbonyl (C=O) groups is 2. The summed E-state index contributed by atoms with van der Waals surface area (Å²) in [4.78, 5) is 38.4. The third kappa shape index (κ3) is 9.22. The van der Waals surface area contributed by atoms with Crippen molar-refractivity contribution in [2.24, 2.45) is 0 Å². The Morgan fingerprint density at radius 3 is 2.40 bits per heavy atom. The van der Waals surface area contributed by atoms with E-state index in [9.17, 15) is 18.0 Å². The van der Waals surface area contributed by atoms with Crippen LogP contribution < -0.4 is 25.6 Å². The Morgan fingerprint density at radius 2 is 1.69 bits per heavy atom. The maximum absolute atomic E-state index is 13.1. The summed E-state index contributed by atoms with van der Waals surface area (Å²) < 4.78 is 32.5. The molecule has 3 N–H and O–H groups in total. The number of imide groups is 1. The van der Waals surface area contributed by atoms with E-state index in [1.807, 2.05) is 38.1 Å². The SMILES string of the molecule is Cc1cc(Nc2ncc(Cl)c(Nc3ccccc3S(=O)(=O)C(C)C)n2)c(OC(C)C)cc1N1CCC(N(C)Cc2ccccc2C2CCC(=O)NC2=O)CC1. The van der Waals surface area contributed by atoms with Gasteiger partial charge in [0.05, 0.1) is 39.7 Å². The molecule has 2 amide bonds. The van der Waals surface area contributed by atoms with E-state index in [1.165, 1.54) is 6.20 Å². The first-order valence-corrected chi connectivity index (χ1v) is 20.7. The molecule has 2 fully saturated rings. The number of benzene rings is 3. The van der Waals surface area contributed by atoms with E-state index < -0.39 is 15.1 Å². The number of rotatable bonds is 13. The molecule has 1 aromatic heterocycles. The van der Waals surface area contributed by atoms with Gasteiger partial charge in [-0.3, -0.25) is 19.8 Å². The molecule has 6 rings (SSSR count). The first kappa shape index (κ1) is 40.0. The van der Waals surface area contributed by atoms with Crippen molar-refractivity contribution >= 4 is 62.1 Å². The largest absolute Gasteiger partial charge is 0.489 e. The minimum absolute atomic E-state index is 0.0960. The average molecular weight is 788 g/mol. The van der Waals surface area contributed by atoms with Crippen LogP contribution in [0.5, 0.6) is 5.75 Å². The second kappa shape index (κ2) is 17.0. The van der Waals surface area contributed by atoms with E-state index in [1.54, 1.807) is 38.1 Å². The molecule has 0 radical (unpaired) electrons. The zero-order valence-corrected chi connectivity index (χ0v) is 33.8. The standard InChI is InChI=1S/C41H50ClN7O5S/c1-25(2)54-36-22-35(49-19-17-29(18-20-49)48(6)24-28-11-7-8-12-30(28)31-15-16-38(50)46-40(31)51)27(5)21-34(36)45-41-43-23-32(42)39(47-41)44-33-13-9-10-14-37(33)55(52,53)26(3)4/h7-14,21-23,25-26,29,31H,15-20,24H2,1-6H3,(H,46,50,51)(H2,43,44,45,47). The highest BCUT2D eigenvalue weighted by Gasteiger charge is 2.31. The van der Waals surface area contributed by atoms with Crippen LogP contribution in [0.2, 0.25) is 5.02 Å². The molecule has 1 unspecified atom stereocenters. The first-order valence-electron chi connectivity index (χ1n) is 18.8. The van der Waals surface area contributed by atoms with Crippen LogP contribution in [0, 0.1) is 6.92 Å². The Hall–Kier alpha value is -4.72. The zero-order chi connectivity index (χ0) is 39.4. The molecule has 55 heavy (non-hydrogen) atoms. The van der Waals surface area contributed by atoms with Crippen LogP contribution in [0.4, 0.5) is 28.8 Å². The van der Waals surface area contributed by atoms with Crippen molar-refractivity contribution in [3.63, 3.8) is 0 Å². The van der Waals surface area contributed by atoms with Gasteiger partial charge in [-0.15, -0.1) is 0 Å². The monoisotopic (exact) mass is 787 g/mol. The summed E-state index contributed by atoms with van der Waals surface area (Å²) in [6.45, 7) is 11.8. The summed E-state index contributed by atoms with van der Waals surface area (Å²) in [6.07, 6.45) is 4.20. The molecule has 3 heterocycles. The number of nitrogens with one attached hydrogen (secondary N) is 3. The fourth-order valence-corrected chi connectivity index (χ4v) is 8.60. The van der Waals surface area contributed by atoms with Crippen molar-refractivity contribution in [1.82, 2.24) is 20.2 Å². The average Bonchev–Trinajstić information content (AvgIpc) is 3.14. The van der Waals surface area contributed by atoms with Gasteiger partial charge < -0.3 is 20.3 Å². The summed E-state index contributed by atoms with van der Waals surface area (Å²) in [5, 5.41) is 8.57. The first-order chi connectivity index (χ1) is 26.2. The van der Waals surface area contributed by atoms with E-state index in [0.29, 0.717) is 36.0 Å². The lowest BCUT2D eigenvalue weighted by Gasteiger charge is -2.39. The maximum Gasteiger partial charge on any atom is 0.234 e. The lowest BCUT2D eigenvalue weighted by Crippen LogP contribution is -2.43. The number of halogens is 1. The number of amides is 2. The normalized spacial score (nSPS) is 16.8. The fourth-order valence-electron chi connectivity index (χ4n) is 7.26. The summed E-state index contributed by atoms with van der Waals surface area (Å²) in [5.41, 5.74) is 5.33. The number of para-hydroxylation sites is 1. The predicted octanol–water partition coefficient (Wildman–Crippen LogP) is 7.52. The predicted molar refractivity (Wildman–Crippen MR) is 218 cm³/mol. The maximum atomic E-state index is 13.1. The Morgan fingerprint density at radius 1 is 0.982 bits per heavy atom. The molecule has 0 saturated carbocycles. The van der Waals surface area contributed by atoms with E-state index in [-0.39, 0.29) is 45.5 Å². The number of anilines is 5. The van der Waals surface area contributed by atoms with Crippen molar-refractivity contribution in [3.8, 4) is 5.75 Å². The third-order valence-corrected chi connectivity index (χ3v) is 12.7. The van der Waals surface area contributed by atoms with Gasteiger partial charge in [0.25, 0.3) is 0 Å². The van der Waals surface area contributed by atoms with Crippen LogP contribution >= 0.6 is 11.6 Å². The van der Waals surface area contributed by atoms with E-state index >= 15 is 0 Å². The molecular weight excluding hydrogens is 738 g/mol. The summed E-state index contributed by atoms with van der Waals surface area (Å²) in [5.74, 6) is 0.456. The number of aryl methyl sites for hydroxylation is 1. The van der Waals surface area contributed by atoms with Gasteiger partial charge in [0.15, 0.2) is 15.7 Å². The molecule has 2 aliphatic heterocycles. The van der Waals surface area contributed by atoms with E-state index in [4.69, 9.17) is 16.3 Å². The molecule has 2 aliphatic rings. The van der Waals surface area contributed by atoms with Crippen molar-refractivity contribution in [1.29, 1.82) is 0 Å². The highest BCUT2D eigenvalue weighted by molar-refractivity contribution is 7.92. The molecule has 2 saturated heterocycles. The van der Waals surface area contributed by atoms with Gasteiger partial charge in [-0.05, 0) is 95.8 Å². The Labute approximate surface area is 328 Å². The minimum Gasteiger partial charge on any atom is -0.489 e. The number of carbonyl (C=O) groups excluding carboxylic acids is 2. The Bertz CT molecular complexity index is 2150. The lowest BCUT2D eigenvalue weighted by atomic mass is 9.87. The highest BCUT2D eigenvalue weighted by Crippen LogP contribution is 2.38. The highest BCUT2D eigenvalue weighted by atomic mass is 35.5. The number of piperidine rings is 2. The van der Waals surface area contributed by atoms with Crippen LogP contribution in [0.1, 0.15) is 76.0 Å². The van der Waals surface area contributed by atoms with Crippen molar-refractivity contribution in [2.45, 2.75) is 95.1 Å². The molecular formula is C41H50ClN7O5S. The van der Waals surface area contributed by atoms with Crippen LogP contribution in [0.3, 0.4) is 0 Å². The number of ether oxygens (including phenoxy) is 1. The number of hydrogen-bond donors (Lipinski definition) is 3. The summed E-state index contributed by atoms with van der Waals surface area (Å²) >= 11 is 6.51. The van der Waals surface area contributed by atoms with Gasteiger partial charge in [0.2, 0.25) is 17.8 Å². The number of sulfone groups is 1. The molecule has 0 spiro atoms. The molecule has 3 aromatic carbocycles. The molecule has 12 nitrogen and oxygen atoms in total. The van der Waals surface area contributed by atoms with Crippen molar-refractivity contribution in [2.75, 3.05) is 35.7 Å². The van der Waals surface area contributed by atoms with Gasteiger partial charge in [-0.2, -0.15) is 4.98 Å². The van der Waals surface area contributed by atoms with Gasteiger partial charge >= 0.3 is 0 Å². The quantitative estimate of drug-likeness (QED) is 0.116. The Kier molecular flexibility index (Phi) is 12.3. The van der Waals surface area contributed by atoms with E-state index in [2.05, 4.69) is 61.8 Å². The van der Waals surface area contributed by atoms with Crippen LogP contribution in [-0.2, 0) is 26.0 Å². The number of hydrogen-bond acceptors (Lipinski definition) is 11. The van der Waals surface area contributed by atoms with Crippen molar-refractivity contribution in [3.05, 3.63) is 88.6 Å². The minimum atomic E-state index is -3.57. The molecule has 0 bridgehead atoms. The number of nitrogens with zero attached hydrogens (tertiary/aromatic N) is 4. The van der Waals surface area contributed by atoms with E-state index in [0.717, 1.165) is 54.9 Å². The molecule has 14 heteroatoms. The lowest BCUT2D eigenvalue weighted by molar-refractivity contribution is -0.134. The topological polar surface area (TPSA) is 146 Å². The zero-order valence-electron chi connectivity index (χ0n) is 32.2. The van der Waals surface area contributed by atoms with Crippen LogP contribution in [0.15, 0.2) is 71.8 Å². The number of aromatic nitrogens is 2. The summed E-state index contributed by atoms with van der Waals surface area (Å²) in [7, 11) is -1.43. The smallest absolute Gasteiger partial charge is 0.234 e. The van der Waals surface area contributed by atoms with Crippen molar-refractivity contribution < 1.29 is 22.7 Å².